The zero-order chi connectivity index (χ0) is 15.0. The molecular formula is C16H10ClFS3. The van der Waals surface area contributed by atoms with Crippen LogP contribution in [-0.4, -0.2) is 0 Å². The average molecular weight is 353 g/mol. The van der Waals surface area contributed by atoms with Crippen LogP contribution in [0.4, 0.5) is 4.39 Å². The number of hydrogen-bond acceptors (Lipinski definition) is 3. The van der Waals surface area contributed by atoms with Crippen molar-refractivity contribution in [3.8, 4) is 21.6 Å². The second kappa shape index (κ2) is 5.97. The minimum atomic E-state index is -0.342. The maximum atomic E-state index is 13.3. The summed E-state index contributed by atoms with van der Waals surface area (Å²) in [5.74, 6) is -0.342. The van der Waals surface area contributed by atoms with Crippen molar-refractivity contribution in [2.75, 3.05) is 0 Å². The normalized spacial score (nSPS) is 10.8. The van der Waals surface area contributed by atoms with E-state index in [4.69, 9.17) is 23.8 Å². The summed E-state index contributed by atoms with van der Waals surface area (Å²) < 4.78 is 14.0. The van der Waals surface area contributed by atoms with E-state index in [0.717, 1.165) is 25.4 Å². The predicted octanol–water partition coefficient (Wildman–Crippen LogP) is 6.97. The highest BCUT2D eigenvalue weighted by molar-refractivity contribution is 7.80. The highest BCUT2D eigenvalue weighted by Gasteiger charge is 2.15. The van der Waals surface area contributed by atoms with Crippen LogP contribution in [0.25, 0.3) is 21.6 Å². The van der Waals surface area contributed by atoms with Crippen molar-refractivity contribution in [3.05, 3.63) is 62.7 Å². The van der Waals surface area contributed by atoms with Crippen molar-refractivity contribution in [3.63, 3.8) is 0 Å². The zero-order valence-electron chi connectivity index (χ0n) is 11.0. The fourth-order valence-corrected chi connectivity index (χ4v) is 5.23. The Kier molecular flexibility index (Phi) is 4.22. The van der Waals surface area contributed by atoms with Gasteiger partial charge in [0.1, 0.15) is 9.64 Å². The van der Waals surface area contributed by atoms with Crippen LogP contribution < -0.4 is 0 Å². The molecule has 0 aliphatic carbocycles. The minimum absolute atomic E-state index is 0.342. The van der Waals surface area contributed by atoms with Crippen molar-refractivity contribution in [1.82, 2.24) is 0 Å². The van der Waals surface area contributed by atoms with E-state index in [1.807, 2.05) is 0 Å². The van der Waals surface area contributed by atoms with Gasteiger partial charge in [0, 0.05) is 11.1 Å². The van der Waals surface area contributed by atoms with E-state index in [2.05, 4.69) is 31.2 Å². The first-order valence-electron chi connectivity index (χ1n) is 6.22. The molecule has 0 saturated heterocycles. The number of halogens is 2. The summed E-state index contributed by atoms with van der Waals surface area (Å²) in [4.78, 5) is 1.08. The van der Waals surface area contributed by atoms with Crippen LogP contribution in [-0.2, 0) is 0 Å². The highest BCUT2D eigenvalue weighted by atomic mass is 35.5. The molecule has 1 heterocycles. The lowest BCUT2D eigenvalue weighted by molar-refractivity contribution is 0.628. The molecule has 0 bridgehead atoms. The molecule has 0 unspecified atom stereocenters. The Balaban J connectivity index is 2.22. The molecule has 0 aliphatic rings. The first kappa shape index (κ1) is 14.9. The van der Waals surface area contributed by atoms with Gasteiger partial charge in [0.05, 0.1) is 9.90 Å². The third-order valence-corrected chi connectivity index (χ3v) is 6.52. The molecule has 1 aromatic heterocycles. The molecular weight excluding hydrogens is 343 g/mol. The van der Waals surface area contributed by atoms with Gasteiger partial charge in [-0.1, -0.05) is 74.3 Å². The Morgan fingerprint density at radius 3 is 2.43 bits per heavy atom. The summed E-state index contributed by atoms with van der Waals surface area (Å²) in [6, 6.07) is 12.7. The quantitative estimate of drug-likeness (QED) is 0.354. The van der Waals surface area contributed by atoms with E-state index in [0.29, 0.717) is 5.02 Å². The molecule has 0 amide bonds. The number of benzene rings is 2. The van der Waals surface area contributed by atoms with E-state index in [-0.39, 0.29) is 5.82 Å². The molecule has 0 aliphatic heterocycles. The van der Waals surface area contributed by atoms with Crippen LogP contribution >= 0.6 is 44.5 Å². The summed E-state index contributed by atoms with van der Waals surface area (Å²) >= 11 is 11.7. The van der Waals surface area contributed by atoms with Gasteiger partial charge in [-0.2, -0.15) is 0 Å². The molecule has 0 saturated carbocycles. The van der Waals surface area contributed by atoms with Gasteiger partial charge in [-0.15, -0.1) is 0 Å². The summed E-state index contributed by atoms with van der Waals surface area (Å²) in [6.07, 6.45) is 0. The van der Waals surface area contributed by atoms with Gasteiger partial charge in [0.15, 0.2) is 0 Å². The summed E-state index contributed by atoms with van der Waals surface area (Å²) in [6.45, 7) is 2.05. The predicted molar refractivity (Wildman–Crippen MR) is 93.6 cm³/mol. The third kappa shape index (κ3) is 2.94. The molecule has 0 radical (unpaired) electrons. The lowest BCUT2D eigenvalue weighted by Crippen LogP contribution is -1.84. The average Bonchev–Trinajstić information content (AvgIpc) is 2.82. The molecule has 0 nitrogen and oxygen atoms in total. The van der Waals surface area contributed by atoms with Gasteiger partial charge in [0.25, 0.3) is 0 Å². The Morgan fingerprint density at radius 2 is 1.76 bits per heavy atom. The first-order valence-corrected chi connectivity index (χ1v) is 9.15. The van der Waals surface area contributed by atoms with E-state index in [9.17, 15) is 4.39 Å². The van der Waals surface area contributed by atoms with Gasteiger partial charge in [-0.25, -0.2) is 4.39 Å². The monoisotopic (exact) mass is 352 g/mol. The lowest BCUT2D eigenvalue weighted by Gasteiger charge is -2.06. The first-order chi connectivity index (χ1) is 10.1. The van der Waals surface area contributed by atoms with E-state index < -0.39 is 0 Å². The summed E-state index contributed by atoms with van der Waals surface area (Å²) in [5, 5.41) is 0.389. The van der Waals surface area contributed by atoms with Gasteiger partial charge in [-0.05, 0) is 30.7 Å². The Morgan fingerprint density at radius 1 is 1.05 bits per heavy atom. The van der Waals surface area contributed by atoms with E-state index in [1.54, 1.807) is 26.7 Å². The Hall–Kier alpha value is -1.07. The van der Waals surface area contributed by atoms with Crippen molar-refractivity contribution in [1.29, 1.82) is 0 Å². The van der Waals surface area contributed by atoms with Gasteiger partial charge >= 0.3 is 0 Å². The molecule has 0 spiro atoms. The third-order valence-electron chi connectivity index (χ3n) is 3.15. The Labute approximate surface area is 139 Å². The molecule has 0 fully saturated rings. The molecule has 106 valence electrons. The van der Waals surface area contributed by atoms with Crippen LogP contribution in [0.15, 0.2) is 42.5 Å². The second-order valence-corrected chi connectivity index (χ2v) is 7.87. The molecule has 3 aromatic rings. The van der Waals surface area contributed by atoms with E-state index in [1.165, 1.54) is 17.7 Å². The van der Waals surface area contributed by atoms with Crippen LogP contribution in [0, 0.1) is 16.6 Å². The number of hydrogen-bond donors (Lipinski definition) is 0. The lowest BCUT2D eigenvalue weighted by atomic mass is 10.0. The second-order valence-electron chi connectivity index (χ2n) is 4.65. The maximum absolute atomic E-state index is 13.3. The number of rotatable bonds is 2. The van der Waals surface area contributed by atoms with Crippen molar-refractivity contribution in [2.24, 2.45) is 0 Å². The largest absolute Gasteiger partial charge is 0.207 e. The summed E-state index contributed by atoms with van der Waals surface area (Å²) in [7, 11) is 3.17. The highest BCUT2D eigenvalue weighted by Crippen LogP contribution is 2.43. The van der Waals surface area contributed by atoms with Gasteiger partial charge in [0.2, 0.25) is 0 Å². The molecule has 21 heavy (non-hydrogen) atoms. The van der Waals surface area contributed by atoms with Crippen LogP contribution in [0.5, 0.6) is 0 Å². The molecule has 0 N–H and O–H groups in total. The SMILES string of the molecule is Cc1ccc(-c2ssc(=S)c2-c2ccc(F)cc2Cl)cc1. The van der Waals surface area contributed by atoms with Crippen molar-refractivity contribution in [2.45, 2.75) is 6.92 Å². The van der Waals surface area contributed by atoms with Crippen molar-refractivity contribution >= 4 is 44.5 Å². The van der Waals surface area contributed by atoms with Crippen LogP contribution in [0.1, 0.15) is 5.56 Å². The molecule has 5 heteroatoms. The fraction of sp³-hybridized carbons (Fsp3) is 0.0625. The van der Waals surface area contributed by atoms with Crippen molar-refractivity contribution < 1.29 is 4.39 Å². The smallest absolute Gasteiger partial charge is 0.124 e. The fourth-order valence-electron chi connectivity index (χ4n) is 2.08. The molecule has 0 atom stereocenters. The minimum Gasteiger partial charge on any atom is -0.207 e. The van der Waals surface area contributed by atoms with E-state index >= 15 is 0 Å². The van der Waals surface area contributed by atoms with Crippen LogP contribution in [0.2, 0.25) is 5.02 Å². The van der Waals surface area contributed by atoms with Gasteiger partial charge in [-0.3, -0.25) is 0 Å². The zero-order valence-corrected chi connectivity index (χ0v) is 14.2. The topological polar surface area (TPSA) is 0 Å². The van der Waals surface area contributed by atoms with Crippen LogP contribution in [0.3, 0.4) is 0 Å². The van der Waals surface area contributed by atoms with Gasteiger partial charge < -0.3 is 0 Å². The molecule has 2 aromatic carbocycles. The maximum Gasteiger partial charge on any atom is 0.124 e. The Bertz CT molecular complexity index is 847. The molecule has 3 rings (SSSR count). The number of aryl methyl sites for hydroxylation is 1. The summed E-state index contributed by atoms with van der Waals surface area (Å²) in [5.41, 5.74) is 4.03. The standard InChI is InChI=1S/C16H10ClFS3/c1-9-2-4-10(5-3-9)15-14(16(19)21-20-15)12-7-6-11(18)8-13(12)17/h2-8H,1H3.